The summed E-state index contributed by atoms with van der Waals surface area (Å²) in [5.74, 6) is 1.34. The summed E-state index contributed by atoms with van der Waals surface area (Å²) in [6.07, 6.45) is 2.26. The number of hydrogen-bond acceptors (Lipinski definition) is 6. The molecule has 0 aliphatic heterocycles. The first kappa shape index (κ1) is 17.5. The van der Waals surface area contributed by atoms with Crippen LogP contribution in [-0.4, -0.2) is 30.7 Å². The second-order valence-electron chi connectivity index (χ2n) is 6.12. The van der Waals surface area contributed by atoms with Crippen LogP contribution < -0.4 is 5.32 Å². The predicted octanol–water partition coefficient (Wildman–Crippen LogP) is 3.37. The summed E-state index contributed by atoms with van der Waals surface area (Å²) in [7, 11) is 0. The molecular weight excluding hydrogens is 362 g/mol. The second kappa shape index (κ2) is 7.40. The molecule has 3 aromatic heterocycles. The molecule has 8 heteroatoms. The van der Waals surface area contributed by atoms with Crippen molar-refractivity contribution in [2.45, 2.75) is 37.2 Å². The summed E-state index contributed by atoms with van der Waals surface area (Å²) in [6.45, 7) is 4.20. The van der Waals surface area contributed by atoms with E-state index in [0.717, 1.165) is 22.3 Å². The van der Waals surface area contributed by atoms with Gasteiger partial charge in [-0.1, -0.05) is 30.8 Å². The minimum Gasteiger partial charge on any atom is -0.467 e. The number of aryl methyl sites for hydroxylation is 1. The van der Waals surface area contributed by atoms with Crippen LogP contribution >= 0.6 is 11.8 Å². The summed E-state index contributed by atoms with van der Waals surface area (Å²) in [6, 6.07) is 11.5. The van der Waals surface area contributed by atoms with Gasteiger partial charge in [-0.05, 0) is 37.6 Å². The van der Waals surface area contributed by atoms with Crippen molar-refractivity contribution in [1.29, 1.82) is 0 Å². The van der Waals surface area contributed by atoms with E-state index >= 15 is 0 Å². The lowest BCUT2D eigenvalue weighted by Gasteiger charge is -2.14. The van der Waals surface area contributed by atoms with E-state index in [1.54, 1.807) is 16.8 Å². The zero-order chi connectivity index (χ0) is 18.8. The van der Waals surface area contributed by atoms with Gasteiger partial charge in [0, 0.05) is 5.39 Å². The standard InChI is InChI=1S/C19H19N5O2S/c1-3-16(18(25)20-11-13-7-6-10-26-13)27-19-22-15-9-5-4-8-14(15)17-21-12(2)23-24(17)19/h4-10,16H,3,11H2,1-2H3,(H,20,25). The van der Waals surface area contributed by atoms with E-state index < -0.39 is 0 Å². The highest BCUT2D eigenvalue weighted by Gasteiger charge is 2.22. The summed E-state index contributed by atoms with van der Waals surface area (Å²) in [5.41, 5.74) is 1.59. The quantitative estimate of drug-likeness (QED) is 0.407. The lowest BCUT2D eigenvalue weighted by atomic mass is 10.2. The fourth-order valence-corrected chi connectivity index (χ4v) is 3.85. The lowest BCUT2D eigenvalue weighted by molar-refractivity contribution is -0.120. The molecule has 138 valence electrons. The van der Waals surface area contributed by atoms with E-state index in [1.807, 2.05) is 44.2 Å². The van der Waals surface area contributed by atoms with Gasteiger partial charge in [0.2, 0.25) is 5.91 Å². The number of hydrogen-bond donors (Lipinski definition) is 1. The maximum absolute atomic E-state index is 12.6. The van der Waals surface area contributed by atoms with Crippen LogP contribution in [0.15, 0.2) is 52.2 Å². The number of aromatic nitrogens is 4. The van der Waals surface area contributed by atoms with E-state index in [4.69, 9.17) is 9.40 Å². The highest BCUT2D eigenvalue weighted by molar-refractivity contribution is 8.00. The largest absolute Gasteiger partial charge is 0.467 e. The SMILES string of the molecule is CCC(Sc1nc2ccccc2c2nc(C)nn12)C(=O)NCc1ccco1. The van der Waals surface area contributed by atoms with Crippen LogP contribution in [0.5, 0.6) is 0 Å². The summed E-state index contributed by atoms with van der Waals surface area (Å²) < 4.78 is 6.99. The molecule has 1 amide bonds. The number of furan rings is 1. The fourth-order valence-electron chi connectivity index (χ4n) is 2.86. The van der Waals surface area contributed by atoms with Gasteiger partial charge in [0.05, 0.1) is 23.6 Å². The van der Waals surface area contributed by atoms with Crippen molar-refractivity contribution in [1.82, 2.24) is 24.9 Å². The normalized spacial score (nSPS) is 12.5. The first-order valence-corrected chi connectivity index (χ1v) is 9.62. The van der Waals surface area contributed by atoms with Crippen LogP contribution in [0.3, 0.4) is 0 Å². The van der Waals surface area contributed by atoms with Gasteiger partial charge in [0.1, 0.15) is 11.6 Å². The van der Waals surface area contributed by atoms with Crippen LogP contribution in [0.1, 0.15) is 24.9 Å². The van der Waals surface area contributed by atoms with Gasteiger partial charge in [-0.3, -0.25) is 4.79 Å². The first-order valence-electron chi connectivity index (χ1n) is 8.74. The molecule has 1 aromatic carbocycles. The number of benzene rings is 1. The molecule has 4 aromatic rings. The van der Waals surface area contributed by atoms with E-state index in [-0.39, 0.29) is 11.2 Å². The second-order valence-corrected chi connectivity index (χ2v) is 7.29. The molecule has 0 saturated carbocycles. The Balaban J connectivity index is 1.63. The van der Waals surface area contributed by atoms with Gasteiger partial charge in [-0.15, -0.1) is 5.10 Å². The number of nitrogens with one attached hydrogen (secondary N) is 1. The first-order chi connectivity index (χ1) is 13.2. The lowest BCUT2D eigenvalue weighted by Crippen LogP contribution is -2.32. The van der Waals surface area contributed by atoms with Crippen molar-refractivity contribution < 1.29 is 9.21 Å². The average Bonchev–Trinajstić information content (AvgIpc) is 3.33. The minimum atomic E-state index is -0.290. The molecule has 4 rings (SSSR count). The van der Waals surface area contributed by atoms with E-state index in [1.165, 1.54) is 11.8 Å². The maximum Gasteiger partial charge on any atom is 0.233 e. The molecule has 1 atom stereocenters. The van der Waals surface area contributed by atoms with Gasteiger partial charge in [-0.25, -0.2) is 9.97 Å². The summed E-state index contributed by atoms with van der Waals surface area (Å²) >= 11 is 1.40. The topological polar surface area (TPSA) is 85.3 Å². The maximum atomic E-state index is 12.6. The average molecular weight is 381 g/mol. The van der Waals surface area contributed by atoms with Crippen LogP contribution in [0.2, 0.25) is 0 Å². The Labute approximate surface area is 160 Å². The van der Waals surface area contributed by atoms with Crippen molar-refractivity contribution >= 4 is 34.2 Å². The van der Waals surface area contributed by atoms with E-state index in [2.05, 4.69) is 15.4 Å². The van der Waals surface area contributed by atoms with Gasteiger partial charge in [-0.2, -0.15) is 4.52 Å². The highest BCUT2D eigenvalue weighted by atomic mass is 32.2. The molecule has 27 heavy (non-hydrogen) atoms. The van der Waals surface area contributed by atoms with Gasteiger partial charge < -0.3 is 9.73 Å². The molecule has 0 aliphatic carbocycles. The Morgan fingerprint density at radius 2 is 2.11 bits per heavy atom. The zero-order valence-corrected chi connectivity index (χ0v) is 15.9. The number of carbonyl (C=O) groups excluding carboxylic acids is 1. The molecular formula is C19H19N5O2S. The third kappa shape index (κ3) is 3.52. The van der Waals surface area contributed by atoms with Gasteiger partial charge in [0.15, 0.2) is 10.8 Å². The summed E-state index contributed by atoms with van der Waals surface area (Å²) in [4.78, 5) is 21.9. The monoisotopic (exact) mass is 381 g/mol. The fraction of sp³-hybridized carbons (Fsp3) is 0.263. The smallest absolute Gasteiger partial charge is 0.233 e. The third-order valence-electron chi connectivity index (χ3n) is 4.18. The van der Waals surface area contributed by atoms with Crippen molar-refractivity contribution in [2.75, 3.05) is 0 Å². The van der Waals surface area contributed by atoms with Gasteiger partial charge >= 0.3 is 0 Å². The molecule has 0 saturated heterocycles. The molecule has 0 spiro atoms. The molecule has 0 radical (unpaired) electrons. The molecule has 1 unspecified atom stereocenters. The van der Waals surface area contributed by atoms with Crippen LogP contribution in [0.25, 0.3) is 16.6 Å². The Morgan fingerprint density at radius 1 is 1.26 bits per heavy atom. The number of amides is 1. The molecule has 7 nitrogen and oxygen atoms in total. The molecule has 1 N–H and O–H groups in total. The molecule has 0 fully saturated rings. The number of thioether (sulfide) groups is 1. The number of carbonyl (C=O) groups is 1. The highest BCUT2D eigenvalue weighted by Crippen LogP contribution is 2.28. The van der Waals surface area contributed by atoms with Crippen molar-refractivity contribution in [3.05, 3.63) is 54.2 Å². The van der Waals surface area contributed by atoms with Gasteiger partial charge in [0.25, 0.3) is 0 Å². The number of para-hydroxylation sites is 1. The Morgan fingerprint density at radius 3 is 2.89 bits per heavy atom. The number of nitrogens with zero attached hydrogens (tertiary/aromatic N) is 4. The van der Waals surface area contributed by atoms with Crippen molar-refractivity contribution in [3.8, 4) is 0 Å². The molecule has 0 bridgehead atoms. The summed E-state index contributed by atoms with van der Waals surface area (Å²) in [5, 5.41) is 8.70. The molecule has 3 heterocycles. The Hall–Kier alpha value is -2.87. The minimum absolute atomic E-state index is 0.0566. The predicted molar refractivity (Wildman–Crippen MR) is 104 cm³/mol. The van der Waals surface area contributed by atoms with Crippen LogP contribution in [-0.2, 0) is 11.3 Å². The third-order valence-corrected chi connectivity index (χ3v) is 5.49. The van der Waals surface area contributed by atoms with Crippen LogP contribution in [0.4, 0.5) is 0 Å². The van der Waals surface area contributed by atoms with Crippen LogP contribution in [0, 0.1) is 6.92 Å². The Kier molecular flexibility index (Phi) is 4.81. The Bertz CT molecular complexity index is 1090. The van der Waals surface area contributed by atoms with Crippen molar-refractivity contribution in [2.24, 2.45) is 0 Å². The number of rotatable bonds is 6. The van der Waals surface area contributed by atoms with E-state index in [9.17, 15) is 4.79 Å². The number of fused-ring (bicyclic) bond motifs is 3. The molecule has 0 aliphatic rings. The zero-order valence-electron chi connectivity index (χ0n) is 15.0. The van der Waals surface area contributed by atoms with Crippen molar-refractivity contribution in [3.63, 3.8) is 0 Å². The van der Waals surface area contributed by atoms with E-state index in [0.29, 0.717) is 23.9 Å².